The van der Waals surface area contributed by atoms with E-state index in [2.05, 4.69) is 15.1 Å². The Labute approximate surface area is 146 Å². The molecular formula is C17H21ClN4O2. The summed E-state index contributed by atoms with van der Waals surface area (Å²) in [6.45, 7) is 7.60. The highest BCUT2D eigenvalue weighted by atomic mass is 35.5. The van der Waals surface area contributed by atoms with Crippen LogP contribution in [0.15, 0.2) is 28.7 Å². The molecular weight excluding hydrogens is 328 g/mol. The molecule has 0 saturated carbocycles. The van der Waals surface area contributed by atoms with Crippen LogP contribution in [0.4, 0.5) is 0 Å². The maximum absolute atomic E-state index is 12.5. The van der Waals surface area contributed by atoms with Crippen LogP contribution in [-0.4, -0.2) is 52.1 Å². The fourth-order valence-electron chi connectivity index (χ4n) is 2.67. The number of carbonyl (C=O) groups excluding carboxylic acids is 1. The Morgan fingerprint density at radius 3 is 2.62 bits per heavy atom. The lowest BCUT2D eigenvalue weighted by Crippen LogP contribution is -2.48. The van der Waals surface area contributed by atoms with Crippen LogP contribution in [-0.2, 0) is 6.54 Å². The van der Waals surface area contributed by atoms with Gasteiger partial charge in [-0.3, -0.25) is 9.69 Å². The highest BCUT2D eigenvalue weighted by Crippen LogP contribution is 2.16. The summed E-state index contributed by atoms with van der Waals surface area (Å²) >= 11 is 5.96. The Morgan fingerprint density at radius 2 is 2.00 bits per heavy atom. The standard InChI is InChI=1S/C17H21ClN4O2/c1-12(2)16-20-19-15(24-16)11-21-6-8-22(9-7-21)17(23)13-4-3-5-14(18)10-13/h3-5,10,12H,6-9,11H2,1-2H3. The molecule has 1 aliphatic heterocycles. The fourth-order valence-corrected chi connectivity index (χ4v) is 2.86. The lowest BCUT2D eigenvalue weighted by atomic mass is 10.2. The number of hydrogen-bond acceptors (Lipinski definition) is 5. The van der Waals surface area contributed by atoms with Gasteiger partial charge in [0, 0.05) is 42.7 Å². The maximum Gasteiger partial charge on any atom is 0.253 e. The minimum absolute atomic E-state index is 0.0250. The third kappa shape index (κ3) is 3.94. The van der Waals surface area contributed by atoms with Crippen LogP contribution in [0.1, 0.15) is 41.9 Å². The minimum atomic E-state index is 0.0250. The van der Waals surface area contributed by atoms with E-state index in [1.165, 1.54) is 0 Å². The van der Waals surface area contributed by atoms with Crippen molar-refractivity contribution in [3.63, 3.8) is 0 Å². The van der Waals surface area contributed by atoms with E-state index >= 15 is 0 Å². The van der Waals surface area contributed by atoms with Gasteiger partial charge in [0.1, 0.15) is 0 Å². The molecule has 0 N–H and O–H groups in total. The van der Waals surface area contributed by atoms with Gasteiger partial charge in [-0.05, 0) is 18.2 Å². The summed E-state index contributed by atoms with van der Waals surface area (Å²) in [5, 5.41) is 8.72. The molecule has 1 aromatic carbocycles. The van der Waals surface area contributed by atoms with Crippen LogP contribution in [0.3, 0.4) is 0 Å². The van der Waals surface area contributed by atoms with Crippen molar-refractivity contribution >= 4 is 17.5 Å². The highest BCUT2D eigenvalue weighted by Gasteiger charge is 2.23. The minimum Gasteiger partial charge on any atom is -0.424 e. The molecule has 128 valence electrons. The molecule has 0 aliphatic carbocycles. The Bertz CT molecular complexity index is 708. The van der Waals surface area contributed by atoms with E-state index in [1.54, 1.807) is 24.3 Å². The molecule has 0 spiro atoms. The van der Waals surface area contributed by atoms with Crippen molar-refractivity contribution < 1.29 is 9.21 Å². The monoisotopic (exact) mass is 348 g/mol. The maximum atomic E-state index is 12.5. The number of rotatable bonds is 4. The topological polar surface area (TPSA) is 62.5 Å². The Morgan fingerprint density at radius 1 is 1.25 bits per heavy atom. The first-order valence-corrected chi connectivity index (χ1v) is 8.50. The first kappa shape index (κ1) is 16.9. The second-order valence-electron chi connectivity index (χ2n) is 6.27. The summed E-state index contributed by atoms with van der Waals surface area (Å²) in [7, 11) is 0. The van der Waals surface area contributed by atoms with Crippen molar-refractivity contribution in [1.82, 2.24) is 20.0 Å². The first-order valence-electron chi connectivity index (χ1n) is 8.12. The van der Waals surface area contributed by atoms with Crippen LogP contribution in [0.5, 0.6) is 0 Å². The van der Waals surface area contributed by atoms with Crippen LogP contribution in [0, 0.1) is 0 Å². The second kappa shape index (κ2) is 7.32. The van der Waals surface area contributed by atoms with Gasteiger partial charge in [-0.15, -0.1) is 10.2 Å². The zero-order valence-corrected chi connectivity index (χ0v) is 14.7. The Kier molecular flexibility index (Phi) is 5.16. The van der Waals surface area contributed by atoms with E-state index in [4.69, 9.17) is 16.0 Å². The van der Waals surface area contributed by atoms with Gasteiger partial charge < -0.3 is 9.32 Å². The van der Waals surface area contributed by atoms with Gasteiger partial charge in [-0.25, -0.2) is 0 Å². The predicted octanol–water partition coefficient (Wildman–Crippen LogP) is 2.80. The Hall–Kier alpha value is -1.92. The molecule has 1 aromatic heterocycles. The van der Waals surface area contributed by atoms with Crippen LogP contribution in [0.2, 0.25) is 5.02 Å². The summed E-state index contributed by atoms with van der Waals surface area (Å²) < 4.78 is 5.65. The van der Waals surface area contributed by atoms with Gasteiger partial charge in [-0.2, -0.15) is 0 Å². The molecule has 0 bridgehead atoms. The van der Waals surface area contributed by atoms with Gasteiger partial charge >= 0.3 is 0 Å². The predicted molar refractivity (Wildman–Crippen MR) is 91.0 cm³/mol. The first-order chi connectivity index (χ1) is 11.5. The van der Waals surface area contributed by atoms with Crippen molar-refractivity contribution in [2.75, 3.05) is 26.2 Å². The van der Waals surface area contributed by atoms with Crippen molar-refractivity contribution in [2.24, 2.45) is 0 Å². The van der Waals surface area contributed by atoms with E-state index in [-0.39, 0.29) is 11.8 Å². The number of hydrogen-bond donors (Lipinski definition) is 0. The molecule has 1 fully saturated rings. The fraction of sp³-hybridized carbons (Fsp3) is 0.471. The largest absolute Gasteiger partial charge is 0.424 e. The third-order valence-electron chi connectivity index (χ3n) is 4.07. The number of nitrogens with zero attached hydrogens (tertiary/aromatic N) is 4. The average molecular weight is 349 g/mol. The second-order valence-corrected chi connectivity index (χ2v) is 6.70. The van der Waals surface area contributed by atoms with Crippen LogP contribution >= 0.6 is 11.6 Å². The quantitative estimate of drug-likeness (QED) is 0.850. The lowest BCUT2D eigenvalue weighted by Gasteiger charge is -2.34. The normalized spacial score (nSPS) is 15.9. The van der Waals surface area contributed by atoms with Crippen LogP contribution in [0.25, 0.3) is 0 Å². The molecule has 24 heavy (non-hydrogen) atoms. The van der Waals surface area contributed by atoms with Gasteiger partial charge in [0.05, 0.1) is 6.54 Å². The smallest absolute Gasteiger partial charge is 0.253 e. The van der Waals surface area contributed by atoms with Gasteiger partial charge in [0.2, 0.25) is 11.8 Å². The molecule has 1 amide bonds. The SMILES string of the molecule is CC(C)c1nnc(CN2CCN(C(=O)c3cccc(Cl)c3)CC2)o1. The number of halogens is 1. The van der Waals surface area contributed by atoms with Crippen molar-refractivity contribution in [3.05, 3.63) is 46.6 Å². The Balaban J connectivity index is 1.54. The van der Waals surface area contributed by atoms with E-state index in [9.17, 15) is 4.79 Å². The molecule has 7 heteroatoms. The van der Waals surface area contributed by atoms with E-state index < -0.39 is 0 Å². The summed E-state index contributed by atoms with van der Waals surface area (Å²) in [6, 6.07) is 7.08. The molecule has 1 aliphatic rings. The molecule has 3 rings (SSSR count). The molecule has 6 nitrogen and oxygen atoms in total. The number of benzene rings is 1. The number of aromatic nitrogens is 2. The molecule has 0 unspecified atom stereocenters. The lowest BCUT2D eigenvalue weighted by molar-refractivity contribution is 0.0617. The van der Waals surface area contributed by atoms with Gasteiger partial charge in [0.25, 0.3) is 5.91 Å². The van der Waals surface area contributed by atoms with Gasteiger partial charge in [0.15, 0.2) is 0 Å². The van der Waals surface area contributed by atoms with E-state index in [0.717, 1.165) is 13.1 Å². The van der Waals surface area contributed by atoms with E-state index in [0.29, 0.717) is 42.0 Å². The van der Waals surface area contributed by atoms with Crippen molar-refractivity contribution in [3.8, 4) is 0 Å². The molecule has 2 heterocycles. The summed E-state index contributed by atoms with van der Waals surface area (Å²) in [6.07, 6.45) is 0. The zero-order chi connectivity index (χ0) is 17.1. The highest BCUT2D eigenvalue weighted by molar-refractivity contribution is 6.30. The summed E-state index contributed by atoms with van der Waals surface area (Å²) in [5.74, 6) is 1.56. The summed E-state index contributed by atoms with van der Waals surface area (Å²) in [5.41, 5.74) is 0.634. The molecule has 0 atom stereocenters. The number of carbonyl (C=O) groups is 1. The van der Waals surface area contributed by atoms with Crippen molar-refractivity contribution in [1.29, 1.82) is 0 Å². The van der Waals surface area contributed by atoms with E-state index in [1.807, 2.05) is 18.7 Å². The zero-order valence-electron chi connectivity index (χ0n) is 13.9. The molecule has 2 aromatic rings. The third-order valence-corrected chi connectivity index (χ3v) is 4.30. The molecule has 1 saturated heterocycles. The van der Waals surface area contributed by atoms with Crippen molar-refractivity contribution in [2.45, 2.75) is 26.3 Å². The summed E-state index contributed by atoms with van der Waals surface area (Å²) in [4.78, 5) is 16.6. The number of piperazine rings is 1. The van der Waals surface area contributed by atoms with Crippen LogP contribution < -0.4 is 0 Å². The molecule has 0 radical (unpaired) electrons. The average Bonchev–Trinajstić information content (AvgIpc) is 3.04. The van der Waals surface area contributed by atoms with Gasteiger partial charge in [-0.1, -0.05) is 31.5 Å². The number of amides is 1.